The summed E-state index contributed by atoms with van der Waals surface area (Å²) >= 11 is 0. The van der Waals surface area contributed by atoms with E-state index in [1.807, 2.05) is 37.3 Å². The molecule has 0 spiro atoms. The molecular weight excluding hydrogens is 376 g/mol. The zero-order chi connectivity index (χ0) is 22.0. The topological polar surface area (TPSA) is 92.4 Å². The number of nitrogens with two attached hydrogens (primary N) is 1. The summed E-state index contributed by atoms with van der Waals surface area (Å²) < 4.78 is 0. The second kappa shape index (κ2) is 12.2. The molecule has 2 rings (SSSR count). The van der Waals surface area contributed by atoms with Crippen molar-refractivity contribution in [3.63, 3.8) is 0 Å². The highest BCUT2D eigenvalue weighted by atomic mass is 16.4. The molecule has 1 aromatic rings. The van der Waals surface area contributed by atoms with E-state index in [4.69, 9.17) is 5.84 Å². The molecule has 0 saturated heterocycles. The third-order valence-electron chi connectivity index (χ3n) is 7.06. The van der Waals surface area contributed by atoms with Gasteiger partial charge >= 0.3 is 5.97 Å². The molecule has 3 atom stereocenters. The van der Waals surface area contributed by atoms with E-state index in [9.17, 15) is 14.7 Å². The number of Topliss-reactive ketones (excluding diaryl/α,β-unsaturated/α-hetero) is 1. The molecule has 1 aliphatic carbocycles. The van der Waals surface area contributed by atoms with Gasteiger partial charge in [0.2, 0.25) is 0 Å². The van der Waals surface area contributed by atoms with Crippen LogP contribution >= 0.6 is 0 Å². The van der Waals surface area contributed by atoms with Crippen molar-refractivity contribution < 1.29 is 14.7 Å². The van der Waals surface area contributed by atoms with Crippen molar-refractivity contribution in [3.8, 4) is 0 Å². The molecule has 0 amide bonds. The van der Waals surface area contributed by atoms with Gasteiger partial charge in [0.25, 0.3) is 0 Å². The van der Waals surface area contributed by atoms with Crippen molar-refractivity contribution in [1.82, 2.24) is 5.43 Å². The second-order valence-electron chi connectivity index (χ2n) is 9.12. The van der Waals surface area contributed by atoms with Crippen LogP contribution in [0.15, 0.2) is 30.3 Å². The van der Waals surface area contributed by atoms with Gasteiger partial charge < -0.3 is 5.11 Å². The fraction of sp³-hybridized carbons (Fsp3) is 0.680. The van der Waals surface area contributed by atoms with Gasteiger partial charge in [0.15, 0.2) is 5.78 Å². The molecule has 1 aliphatic rings. The van der Waals surface area contributed by atoms with Gasteiger partial charge in [0, 0.05) is 5.92 Å². The molecule has 0 bridgehead atoms. The van der Waals surface area contributed by atoms with Crippen LogP contribution in [-0.2, 0) is 9.59 Å². The van der Waals surface area contributed by atoms with Crippen molar-refractivity contribution in [2.45, 2.75) is 95.9 Å². The lowest BCUT2D eigenvalue weighted by Gasteiger charge is -2.37. The summed E-state index contributed by atoms with van der Waals surface area (Å²) in [5, 5.41) is 10.0. The molecule has 4 N–H and O–H groups in total. The predicted molar refractivity (Wildman–Crippen MR) is 121 cm³/mol. The monoisotopic (exact) mass is 416 g/mol. The van der Waals surface area contributed by atoms with Crippen LogP contribution in [0.5, 0.6) is 0 Å². The molecule has 5 nitrogen and oxygen atoms in total. The number of carbonyl (C=O) groups is 2. The molecule has 0 aromatic heterocycles. The number of carboxylic acid groups (broad SMARTS) is 1. The molecule has 3 unspecified atom stereocenters. The van der Waals surface area contributed by atoms with E-state index in [1.165, 1.54) is 32.1 Å². The Hall–Kier alpha value is -1.72. The van der Waals surface area contributed by atoms with Crippen molar-refractivity contribution in [3.05, 3.63) is 35.9 Å². The van der Waals surface area contributed by atoms with Gasteiger partial charge in [-0.15, -0.1) is 0 Å². The highest BCUT2D eigenvalue weighted by Crippen LogP contribution is 2.35. The number of hydrogen-bond donors (Lipinski definition) is 3. The standard InChI is InChI=1S/C25H40N2O3/c1-19(21-15-11-10-12-16-21)22(24(29)30)20(2)23(28)25(27-26)17-13-8-6-4-3-5-7-9-14-18-25/h10-12,15-16,19-20,22,27H,3-9,13-14,17-18,26H2,1-2H3,(H,29,30). The smallest absolute Gasteiger partial charge is 0.307 e. The zero-order valence-electron chi connectivity index (χ0n) is 18.7. The minimum absolute atomic E-state index is 0.0442. The molecule has 30 heavy (non-hydrogen) atoms. The number of carboxylic acids is 1. The summed E-state index contributed by atoms with van der Waals surface area (Å²) in [4.78, 5) is 26.0. The summed E-state index contributed by atoms with van der Waals surface area (Å²) in [5.41, 5.74) is 2.99. The van der Waals surface area contributed by atoms with Crippen LogP contribution in [0.25, 0.3) is 0 Å². The van der Waals surface area contributed by atoms with Crippen molar-refractivity contribution in [2.75, 3.05) is 0 Å². The number of benzene rings is 1. The minimum atomic E-state index is -0.924. The van der Waals surface area contributed by atoms with Crippen LogP contribution < -0.4 is 11.3 Å². The number of hydrogen-bond acceptors (Lipinski definition) is 4. The van der Waals surface area contributed by atoms with Crippen LogP contribution in [0.4, 0.5) is 0 Å². The fourth-order valence-electron chi connectivity index (χ4n) is 5.10. The lowest BCUT2D eigenvalue weighted by molar-refractivity contribution is -0.149. The van der Waals surface area contributed by atoms with Gasteiger partial charge in [-0.3, -0.25) is 15.4 Å². The first kappa shape index (κ1) is 24.5. The number of rotatable bonds is 7. The Labute approximate surface area is 181 Å². The Kier molecular flexibility index (Phi) is 9.99. The normalized spacial score (nSPS) is 21.4. The third kappa shape index (κ3) is 6.39. The Morgan fingerprint density at radius 3 is 1.80 bits per heavy atom. The van der Waals surface area contributed by atoms with E-state index in [2.05, 4.69) is 5.43 Å². The van der Waals surface area contributed by atoms with Crippen LogP contribution in [0.1, 0.15) is 96.0 Å². The summed E-state index contributed by atoms with van der Waals surface area (Å²) in [6, 6.07) is 9.61. The number of ketones is 1. The predicted octanol–water partition coefficient (Wildman–Crippen LogP) is 5.20. The van der Waals surface area contributed by atoms with Gasteiger partial charge in [-0.25, -0.2) is 5.43 Å². The first-order valence-corrected chi connectivity index (χ1v) is 11.7. The lowest BCUT2D eigenvalue weighted by Crippen LogP contribution is -2.58. The largest absolute Gasteiger partial charge is 0.481 e. The molecule has 1 saturated carbocycles. The van der Waals surface area contributed by atoms with Gasteiger partial charge in [-0.1, -0.05) is 102 Å². The van der Waals surface area contributed by atoms with E-state index >= 15 is 0 Å². The summed E-state index contributed by atoms with van der Waals surface area (Å²) in [6.07, 6.45) is 11.6. The summed E-state index contributed by atoms with van der Waals surface area (Å²) in [5.74, 6) is 3.37. The average Bonchev–Trinajstić information content (AvgIpc) is 2.74. The maximum absolute atomic E-state index is 13.7. The maximum atomic E-state index is 13.7. The van der Waals surface area contributed by atoms with Gasteiger partial charge in [0.1, 0.15) is 0 Å². The van der Waals surface area contributed by atoms with E-state index < -0.39 is 23.3 Å². The number of hydrazine groups is 1. The Morgan fingerprint density at radius 1 is 0.900 bits per heavy atom. The third-order valence-corrected chi connectivity index (χ3v) is 7.06. The second-order valence-corrected chi connectivity index (χ2v) is 9.12. The van der Waals surface area contributed by atoms with Gasteiger partial charge in [-0.2, -0.15) is 0 Å². The van der Waals surface area contributed by atoms with E-state index in [-0.39, 0.29) is 11.7 Å². The van der Waals surface area contributed by atoms with Crippen LogP contribution in [0.3, 0.4) is 0 Å². The lowest BCUT2D eigenvalue weighted by atomic mass is 9.71. The number of carbonyl (C=O) groups excluding carboxylic acids is 1. The molecule has 168 valence electrons. The minimum Gasteiger partial charge on any atom is -0.481 e. The average molecular weight is 417 g/mol. The molecule has 1 fully saturated rings. The Morgan fingerprint density at radius 2 is 1.37 bits per heavy atom. The fourth-order valence-corrected chi connectivity index (χ4v) is 5.10. The highest BCUT2D eigenvalue weighted by molar-refractivity contribution is 5.93. The summed E-state index contributed by atoms with van der Waals surface area (Å²) in [7, 11) is 0. The molecule has 0 radical (unpaired) electrons. The molecular formula is C25H40N2O3. The maximum Gasteiger partial charge on any atom is 0.307 e. The van der Waals surface area contributed by atoms with Crippen molar-refractivity contribution >= 4 is 11.8 Å². The number of nitrogens with one attached hydrogen (secondary N) is 1. The van der Waals surface area contributed by atoms with Crippen LogP contribution in [-0.4, -0.2) is 22.4 Å². The molecule has 1 aromatic carbocycles. The molecule has 0 aliphatic heterocycles. The highest BCUT2D eigenvalue weighted by Gasteiger charge is 2.44. The van der Waals surface area contributed by atoms with E-state index in [1.54, 1.807) is 6.92 Å². The quantitative estimate of drug-likeness (QED) is 0.419. The Bertz CT molecular complexity index is 650. The van der Waals surface area contributed by atoms with E-state index in [0.29, 0.717) is 12.8 Å². The zero-order valence-corrected chi connectivity index (χ0v) is 18.7. The van der Waals surface area contributed by atoms with Crippen LogP contribution in [0.2, 0.25) is 0 Å². The molecule has 5 heteroatoms. The van der Waals surface area contributed by atoms with Crippen LogP contribution in [0, 0.1) is 11.8 Å². The van der Waals surface area contributed by atoms with Crippen molar-refractivity contribution in [1.29, 1.82) is 0 Å². The first-order valence-electron chi connectivity index (χ1n) is 11.7. The first-order chi connectivity index (χ1) is 14.4. The molecule has 0 heterocycles. The summed E-state index contributed by atoms with van der Waals surface area (Å²) in [6.45, 7) is 3.68. The Balaban J connectivity index is 2.24. The van der Waals surface area contributed by atoms with Gasteiger partial charge in [-0.05, 0) is 24.3 Å². The van der Waals surface area contributed by atoms with Gasteiger partial charge in [0.05, 0.1) is 11.5 Å². The number of aliphatic carboxylic acids is 1. The van der Waals surface area contributed by atoms with Crippen molar-refractivity contribution in [2.24, 2.45) is 17.7 Å². The van der Waals surface area contributed by atoms with E-state index in [0.717, 1.165) is 31.2 Å². The SMILES string of the molecule is CC(C(=O)C1(NN)CCCCCCCCCCC1)C(C(=O)O)C(C)c1ccccc1.